The van der Waals surface area contributed by atoms with Gasteiger partial charge >= 0.3 is 6.03 Å². The zero-order chi connectivity index (χ0) is 18.9. The summed E-state index contributed by atoms with van der Waals surface area (Å²) < 4.78 is 1.83. The molecular weight excluding hydrogens is 340 g/mol. The minimum absolute atomic E-state index is 0.170. The monoisotopic (exact) mass is 364 g/mol. The van der Waals surface area contributed by atoms with Crippen molar-refractivity contribution in [3.05, 3.63) is 72.9 Å². The molecule has 0 saturated heterocycles. The standard InChI is InChI=1S/C20H24N6O/c1-25(18-6-3-2-4-7-18)12-5-10-22-20(27)24-15-17-8-9-19(23-14-17)26-13-11-21-16-26/h2-4,6-9,11,13-14,16H,5,10,12,15H2,1H3,(H2,22,24,27). The molecule has 2 aromatic heterocycles. The highest BCUT2D eigenvalue weighted by Gasteiger charge is 2.03. The van der Waals surface area contributed by atoms with Gasteiger partial charge in [0, 0.05) is 51.0 Å². The Morgan fingerprint density at radius 3 is 2.70 bits per heavy atom. The first-order valence-electron chi connectivity index (χ1n) is 8.93. The van der Waals surface area contributed by atoms with Crippen LogP contribution >= 0.6 is 0 Å². The van der Waals surface area contributed by atoms with E-state index >= 15 is 0 Å². The third-order valence-corrected chi connectivity index (χ3v) is 4.18. The lowest BCUT2D eigenvalue weighted by molar-refractivity contribution is 0.240. The average Bonchev–Trinajstić information content (AvgIpc) is 3.25. The predicted molar refractivity (Wildman–Crippen MR) is 106 cm³/mol. The Kier molecular flexibility index (Phi) is 6.40. The molecule has 0 radical (unpaired) electrons. The molecule has 2 heterocycles. The van der Waals surface area contributed by atoms with Crippen LogP contribution in [0.4, 0.5) is 10.5 Å². The summed E-state index contributed by atoms with van der Waals surface area (Å²) in [5.74, 6) is 0.795. The van der Waals surface area contributed by atoms with E-state index in [1.54, 1.807) is 18.7 Å². The van der Waals surface area contributed by atoms with Crippen LogP contribution in [0.1, 0.15) is 12.0 Å². The number of para-hydroxylation sites is 1. The highest BCUT2D eigenvalue weighted by Crippen LogP contribution is 2.10. The summed E-state index contributed by atoms with van der Waals surface area (Å²) >= 11 is 0. The maximum absolute atomic E-state index is 11.9. The van der Waals surface area contributed by atoms with Gasteiger partial charge in [-0.1, -0.05) is 24.3 Å². The van der Waals surface area contributed by atoms with Crippen LogP contribution in [0.15, 0.2) is 67.4 Å². The van der Waals surface area contributed by atoms with Crippen LogP contribution in [-0.4, -0.2) is 40.7 Å². The fraction of sp³-hybridized carbons (Fsp3) is 0.250. The molecule has 2 amide bonds. The first-order chi connectivity index (χ1) is 13.2. The van der Waals surface area contributed by atoms with E-state index < -0.39 is 0 Å². The van der Waals surface area contributed by atoms with Gasteiger partial charge < -0.3 is 15.5 Å². The van der Waals surface area contributed by atoms with Crippen molar-refractivity contribution in [3.8, 4) is 5.82 Å². The number of imidazole rings is 1. The van der Waals surface area contributed by atoms with Crippen molar-refractivity contribution in [1.29, 1.82) is 0 Å². The molecule has 1 aromatic carbocycles. The number of anilines is 1. The highest BCUT2D eigenvalue weighted by atomic mass is 16.2. The summed E-state index contributed by atoms with van der Waals surface area (Å²) in [6.07, 6.45) is 7.87. The average molecular weight is 364 g/mol. The molecule has 0 aliphatic carbocycles. The number of carbonyl (C=O) groups is 1. The quantitative estimate of drug-likeness (QED) is 0.603. The normalized spacial score (nSPS) is 10.4. The molecule has 0 aliphatic rings. The number of pyridine rings is 1. The minimum Gasteiger partial charge on any atom is -0.375 e. The van der Waals surface area contributed by atoms with Crippen LogP contribution in [0.25, 0.3) is 5.82 Å². The molecule has 0 unspecified atom stereocenters. The van der Waals surface area contributed by atoms with E-state index in [1.165, 1.54) is 5.69 Å². The van der Waals surface area contributed by atoms with Gasteiger partial charge in [-0.25, -0.2) is 14.8 Å². The number of nitrogens with one attached hydrogen (secondary N) is 2. The van der Waals surface area contributed by atoms with Gasteiger partial charge in [-0.2, -0.15) is 0 Å². The summed E-state index contributed by atoms with van der Waals surface area (Å²) in [6, 6.07) is 13.9. The third kappa shape index (κ3) is 5.57. The van der Waals surface area contributed by atoms with E-state index in [4.69, 9.17) is 0 Å². The second-order valence-electron chi connectivity index (χ2n) is 6.21. The molecule has 2 N–H and O–H groups in total. The van der Waals surface area contributed by atoms with Crippen molar-refractivity contribution < 1.29 is 4.79 Å². The van der Waals surface area contributed by atoms with E-state index in [9.17, 15) is 4.79 Å². The van der Waals surface area contributed by atoms with Crippen molar-refractivity contribution in [1.82, 2.24) is 25.2 Å². The van der Waals surface area contributed by atoms with Gasteiger partial charge in [0.15, 0.2) is 0 Å². The Hall–Kier alpha value is -3.35. The maximum Gasteiger partial charge on any atom is 0.315 e. The number of hydrogen-bond donors (Lipinski definition) is 2. The second-order valence-corrected chi connectivity index (χ2v) is 6.21. The van der Waals surface area contributed by atoms with Crippen molar-refractivity contribution >= 4 is 11.7 Å². The zero-order valence-corrected chi connectivity index (χ0v) is 15.4. The van der Waals surface area contributed by atoms with Gasteiger partial charge in [0.2, 0.25) is 0 Å². The first kappa shape index (κ1) is 18.4. The van der Waals surface area contributed by atoms with Gasteiger partial charge in [-0.15, -0.1) is 0 Å². The Balaban J connectivity index is 1.34. The van der Waals surface area contributed by atoms with Gasteiger partial charge in [0.05, 0.1) is 0 Å². The van der Waals surface area contributed by atoms with Crippen LogP contribution in [0.5, 0.6) is 0 Å². The van der Waals surface area contributed by atoms with Gasteiger partial charge in [-0.3, -0.25) is 4.57 Å². The summed E-state index contributed by atoms with van der Waals surface area (Å²) in [7, 11) is 2.05. The number of urea groups is 1. The molecule has 3 aromatic rings. The fourth-order valence-electron chi connectivity index (χ4n) is 2.64. The van der Waals surface area contributed by atoms with E-state index in [-0.39, 0.29) is 6.03 Å². The topological polar surface area (TPSA) is 75.1 Å². The number of benzene rings is 1. The smallest absolute Gasteiger partial charge is 0.315 e. The Morgan fingerprint density at radius 1 is 1.15 bits per heavy atom. The van der Waals surface area contributed by atoms with E-state index in [0.717, 1.165) is 24.3 Å². The highest BCUT2D eigenvalue weighted by molar-refractivity contribution is 5.73. The molecule has 7 heteroatoms. The van der Waals surface area contributed by atoms with E-state index in [0.29, 0.717) is 13.1 Å². The number of amides is 2. The Bertz CT molecular complexity index is 817. The molecule has 7 nitrogen and oxygen atoms in total. The SMILES string of the molecule is CN(CCCNC(=O)NCc1ccc(-n2ccnc2)nc1)c1ccccc1. The largest absolute Gasteiger partial charge is 0.375 e. The number of nitrogens with zero attached hydrogens (tertiary/aromatic N) is 4. The van der Waals surface area contributed by atoms with Gasteiger partial charge in [-0.05, 0) is 30.2 Å². The molecule has 3 rings (SSSR count). The molecule has 0 bridgehead atoms. The summed E-state index contributed by atoms with van der Waals surface area (Å²) in [6.45, 7) is 1.94. The van der Waals surface area contributed by atoms with Crippen LogP contribution in [0.3, 0.4) is 0 Å². The summed E-state index contributed by atoms with van der Waals surface area (Å²) in [4.78, 5) is 22.5. The number of rotatable bonds is 8. The Morgan fingerprint density at radius 2 is 2.00 bits per heavy atom. The molecule has 140 valence electrons. The molecule has 0 saturated carbocycles. The first-order valence-corrected chi connectivity index (χ1v) is 8.93. The second kappa shape index (κ2) is 9.38. The minimum atomic E-state index is -0.170. The van der Waals surface area contributed by atoms with Gasteiger partial charge in [0.25, 0.3) is 0 Å². The summed E-state index contributed by atoms with van der Waals surface area (Å²) in [5, 5.41) is 5.73. The zero-order valence-electron chi connectivity index (χ0n) is 15.4. The molecular formula is C20H24N6O. The van der Waals surface area contributed by atoms with E-state index in [2.05, 4.69) is 44.7 Å². The van der Waals surface area contributed by atoms with Crippen LogP contribution < -0.4 is 15.5 Å². The molecule has 0 atom stereocenters. The number of aromatic nitrogens is 3. The van der Waals surface area contributed by atoms with E-state index in [1.807, 2.05) is 41.1 Å². The molecule has 0 spiro atoms. The van der Waals surface area contributed by atoms with Crippen LogP contribution in [0.2, 0.25) is 0 Å². The summed E-state index contributed by atoms with van der Waals surface area (Å²) in [5.41, 5.74) is 2.12. The third-order valence-electron chi connectivity index (χ3n) is 4.18. The van der Waals surface area contributed by atoms with Crippen molar-refractivity contribution in [3.63, 3.8) is 0 Å². The van der Waals surface area contributed by atoms with Crippen LogP contribution in [-0.2, 0) is 6.54 Å². The lowest BCUT2D eigenvalue weighted by atomic mass is 10.3. The number of carbonyl (C=O) groups excluding carboxylic acids is 1. The van der Waals surface area contributed by atoms with Crippen molar-refractivity contribution in [2.75, 3.05) is 25.0 Å². The molecule has 0 aliphatic heterocycles. The van der Waals surface area contributed by atoms with Crippen molar-refractivity contribution in [2.45, 2.75) is 13.0 Å². The van der Waals surface area contributed by atoms with Crippen molar-refractivity contribution in [2.24, 2.45) is 0 Å². The molecule has 27 heavy (non-hydrogen) atoms. The van der Waals surface area contributed by atoms with Crippen LogP contribution in [0, 0.1) is 0 Å². The molecule has 0 fully saturated rings. The Labute approximate surface area is 159 Å². The maximum atomic E-state index is 11.9. The lowest BCUT2D eigenvalue weighted by Gasteiger charge is -2.19. The number of hydrogen-bond acceptors (Lipinski definition) is 4. The van der Waals surface area contributed by atoms with Gasteiger partial charge in [0.1, 0.15) is 12.1 Å². The fourth-order valence-corrected chi connectivity index (χ4v) is 2.64. The lowest BCUT2D eigenvalue weighted by Crippen LogP contribution is -2.36. The predicted octanol–water partition coefficient (Wildman–Crippen LogP) is 2.59.